The molecule has 102 valence electrons. The van der Waals surface area contributed by atoms with Crippen molar-refractivity contribution in [3.63, 3.8) is 0 Å². The predicted octanol–water partition coefficient (Wildman–Crippen LogP) is 1.38. The van der Waals surface area contributed by atoms with Crippen LogP contribution in [0.25, 0.3) is 0 Å². The molecule has 19 heavy (non-hydrogen) atoms. The maximum absolute atomic E-state index is 11.5. The molecule has 0 aliphatic carbocycles. The Morgan fingerprint density at radius 1 is 1.32 bits per heavy atom. The van der Waals surface area contributed by atoms with Gasteiger partial charge in [-0.2, -0.15) is 5.10 Å². The van der Waals surface area contributed by atoms with Crippen LogP contribution in [0.5, 0.6) is 11.5 Å². The second-order valence-electron chi connectivity index (χ2n) is 4.10. The van der Waals surface area contributed by atoms with Gasteiger partial charge in [0.05, 0.1) is 19.9 Å². The van der Waals surface area contributed by atoms with Crippen LogP contribution < -0.4 is 20.2 Å². The lowest BCUT2D eigenvalue weighted by molar-refractivity contribution is -0.115. The average molecular weight is 263 g/mol. The molecule has 6 heteroatoms. The third-order valence-electron chi connectivity index (χ3n) is 2.86. The Hall–Kier alpha value is -2.24. The smallest absolute Gasteiger partial charge is 0.267 e. The summed E-state index contributed by atoms with van der Waals surface area (Å²) in [4.78, 5) is 11.5. The van der Waals surface area contributed by atoms with Crippen molar-refractivity contribution in [1.29, 1.82) is 0 Å². The largest absolute Gasteiger partial charge is 0.497 e. The monoisotopic (exact) mass is 263 g/mol. The second-order valence-corrected chi connectivity index (χ2v) is 4.10. The molecule has 0 aromatic heterocycles. The topological polar surface area (TPSA) is 72.0 Å². The maximum Gasteiger partial charge on any atom is 0.267 e. The number of hydrazone groups is 1. The van der Waals surface area contributed by atoms with Gasteiger partial charge in [0.2, 0.25) is 0 Å². The van der Waals surface area contributed by atoms with Gasteiger partial charge in [0.25, 0.3) is 5.91 Å². The number of carbonyl (C=O) groups excluding carboxylic acids is 1. The number of rotatable bonds is 4. The van der Waals surface area contributed by atoms with Crippen LogP contribution in [-0.2, 0) is 4.79 Å². The fourth-order valence-corrected chi connectivity index (χ4v) is 1.80. The number of carbonyl (C=O) groups is 1. The van der Waals surface area contributed by atoms with Gasteiger partial charge in [-0.3, -0.25) is 10.2 Å². The van der Waals surface area contributed by atoms with Gasteiger partial charge in [0.1, 0.15) is 17.2 Å². The van der Waals surface area contributed by atoms with Crippen LogP contribution in [0.2, 0.25) is 0 Å². The Morgan fingerprint density at radius 2 is 2.16 bits per heavy atom. The number of nitrogens with zero attached hydrogens (tertiary/aromatic N) is 1. The summed E-state index contributed by atoms with van der Waals surface area (Å²) in [6.07, 6.45) is 1.59. The van der Waals surface area contributed by atoms with Crippen molar-refractivity contribution in [1.82, 2.24) is 5.32 Å². The summed E-state index contributed by atoms with van der Waals surface area (Å²) < 4.78 is 10.4. The predicted molar refractivity (Wildman–Crippen MR) is 72.8 cm³/mol. The summed E-state index contributed by atoms with van der Waals surface area (Å²) in [6, 6.07) is 5.35. The van der Waals surface area contributed by atoms with Crippen molar-refractivity contribution >= 4 is 17.3 Å². The number of ether oxygens (including phenoxy) is 2. The molecule has 0 saturated carbocycles. The number of anilines is 1. The van der Waals surface area contributed by atoms with E-state index in [0.717, 1.165) is 6.42 Å². The van der Waals surface area contributed by atoms with Gasteiger partial charge in [-0.1, -0.05) is 0 Å². The van der Waals surface area contributed by atoms with Gasteiger partial charge < -0.3 is 14.8 Å². The van der Waals surface area contributed by atoms with E-state index in [-0.39, 0.29) is 5.91 Å². The zero-order chi connectivity index (χ0) is 13.7. The molecule has 2 N–H and O–H groups in total. The quantitative estimate of drug-likeness (QED) is 0.805. The average Bonchev–Trinajstić information content (AvgIpc) is 2.46. The van der Waals surface area contributed by atoms with Gasteiger partial charge in [0.15, 0.2) is 0 Å². The van der Waals surface area contributed by atoms with Crippen molar-refractivity contribution in [2.45, 2.75) is 12.8 Å². The first-order valence-corrected chi connectivity index (χ1v) is 6.07. The number of benzene rings is 1. The van der Waals surface area contributed by atoms with Crippen molar-refractivity contribution in [2.24, 2.45) is 5.10 Å². The highest BCUT2D eigenvalue weighted by molar-refractivity contribution is 6.39. The summed E-state index contributed by atoms with van der Waals surface area (Å²) in [5, 5.41) is 6.89. The number of hydrogen-bond donors (Lipinski definition) is 2. The Balaban J connectivity index is 2.14. The van der Waals surface area contributed by atoms with E-state index in [2.05, 4.69) is 15.8 Å². The van der Waals surface area contributed by atoms with Crippen molar-refractivity contribution < 1.29 is 14.3 Å². The maximum atomic E-state index is 11.5. The lowest BCUT2D eigenvalue weighted by atomic mass is 10.1. The third kappa shape index (κ3) is 3.15. The van der Waals surface area contributed by atoms with Crippen molar-refractivity contribution in [3.8, 4) is 11.5 Å². The summed E-state index contributed by atoms with van der Waals surface area (Å²) in [6.45, 7) is 0.712. The molecule has 1 aliphatic rings. The molecule has 1 amide bonds. The minimum Gasteiger partial charge on any atom is -0.497 e. The molecule has 1 aromatic rings. The Bertz CT molecular complexity index is 500. The van der Waals surface area contributed by atoms with E-state index in [1.807, 2.05) is 0 Å². The fourth-order valence-electron chi connectivity index (χ4n) is 1.80. The number of piperidine rings is 1. The SMILES string of the molecule is COc1ccc(N/N=C2/CCCNC2=O)c(OC)c1. The van der Waals surface area contributed by atoms with Crippen LogP contribution in [-0.4, -0.2) is 32.4 Å². The first kappa shape index (κ1) is 13.2. The molecule has 0 spiro atoms. The van der Waals surface area contributed by atoms with Crippen LogP contribution in [0.4, 0.5) is 5.69 Å². The first-order chi connectivity index (χ1) is 9.24. The molecule has 1 aromatic carbocycles. The summed E-state index contributed by atoms with van der Waals surface area (Å²) in [7, 11) is 3.16. The minimum absolute atomic E-state index is 0.119. The molecule has 1 fully saturated rings. The normalized spacial score (nSPS) is 16.9. The zero-order valence-corrected chi connectivity index (χ0v) is 11.0. The summed E-state index contributed by atoms with van der Waals surface area (Å²) >= 11 is 0. The zero-order valence-electron chi connectivity index (χ0n) is 11.0. The van der Waals surface area contributed by atoms with Gasteiger partial charge in [0, 0.05) is 12.6 Å². The molecule has 6 nitrogen and oxygen atoms in total. The Labute approximate surface area is 111 Å². The number of amides is 1. The van der Waals surface area contributed by atoms with E-state index in [4.69, 9.17) is 9.47 Å². The van der Waals surface area contributed by atoms with Gasteiger partial charge in [-0.05, 0) is 25.0 Å². The molecule has 0 unspecified atom stereocenters. The van der Waals surface area contributed by atoms with Gasteiger partial charge in [-0.15, -0.1) is 0 Å². The van der Waals surface area contributed by atoms with Crippen LogP contribution >= 0.6 is 0 Å². The van der Waals surface area contributed by atoms with Crippen molar-refractivity contribution in [3.05, 3.63) is 18.2 Å². The molecular formula is C13H17N3O3. The van der Waals surface area contributed by atoms with Crippen LogP contribution in [0.1, 0.15) is 12.8 Å². The highest BCUT2D eigenvalue weighted by atomic mass is 16.5. The van der Waals surface area contributed by atoms with Crippen LogP contribution in [0, 0.1) is 0 Å². The highest BCUT2D eigenvalue weighted by Crippen LogP contribution is 2.29. The third-order valence-corrected chi connectivity index (χ3v) is 2.86. The lowest BCUT2D eigenvalue weighted by Gasteiger charge is -2.14. The standard InChI is InChI=1S/C13H17N3O3/c1-18-9-5-6-10(12(8-9)19-2)15-16-11-4-3-7-14-13(11)17/h5-6,8,15H,3-4,7H2,1-2H3,(H,14,17)/b16-11-. The second kappa shape index (κ2) is 6.08. The number of hydrogen-bond acceptors (Lipinski definition) is 5. The van der Waals surface area contributed by atoms with E-state index in [1.165, 1.54) is 0 Å². The van der Waals surface area contributed by atoms with E-state index in [0.29, 0.717) is 35.9 Å². The molecule has 2 rings (SSSR count). The fraction of sp³-hybridized carbons (Fsp3) is 0.385. The first-order valence-electron chi connectivity index (χ1n) is 6.07. The summed E-state index contributed by atoms with van der Waals surface area (Å²) in [5.41, 5.74) is 4.06. The molecule has 0 radical (unpaired) electrons. The molecule has 1 heterocycles. The van der Waals surface area contributed by atoms with E-state index in [1.54, 1.807) is 32.4 Å². The van der Waals surface area contributed by atoms with E-state index >= 15 is 0 Å². The number of nitrogens with one attached hydrogen (secondary N) is 2. The Kier molecular flexibility index (Phi) is 4.22. The van der Waals surface area contributed by atoms with Crippen molar-refractivity contribution in [2.75, 3.05) is 26.2 Å². The molecule has 0 bridgehead atoms. The lowest BCUT2D eigenvalue weighted by Crippen LogP contribution is -2.37. The number of methoxy groups -OCH3 is 2. The highest BCUT2D eigenvalue weighted by Gasteiger charge is 2.16. The van der Waals surface area contributed by atoms with Crippen LogP contribution in [0.3, 0.4) is 0 Å². The van der Waals surface area contributed by atoms with E-state index in [9.17, 15) is 4.79 Å². The molecular weight excluding hydrogens is 246 g/mol. The minimum atomic E-state index is -0.119. The Morgan fingerprint density at radius 3 is 2.84 bits per heavy atom. The van der Waals surface area contributed by atoms with Crippen LogP contribution in [0.15, 0.2) is 23.3 Å². The van der Waals surface area contributed by atoms with Gasteiger partial charge in [-0.25, -0.2) is 0 Å². The molecule has 1 saturated heterocycles. The van der Waals surface area contributed by atoms with E-state index < -0.39 is 0 Å². The van der Waals surface area contributed by atoms with Gasteiger partial charge >= 0.3 is 0 Å². The molecule has 1 aliphatic heterocycles. The summed E-state index contributed by atoms with van der Waals surface area (Å²) in [5.74, 6) is 1.19. The molecule has 0 atom stereocenters.